The molecule has 1 aromatic carbocycles. The summed E-state index contributed by atoms with van der Waals surface area (Å²) in [5.74, 6) is 1.43. The smallest absolute Gasteiger partial charge is 0.251 e. The third-order valence-corrected chi connectivity index (χ3v) is 3.51. The van der Waals surface area contributed by atoms with Gasteiger partial charge in [0, 0.05) is 18.5 Å². The molecule has 0 aliphatic carbocycles. The Morgan fingerprint density at radius 2 is 2.37 bits per heavy atom. The number of hydrogen-bond donors (Lipinski definition) is 2. The summed E-state index contributed by atoms with van der Waals surface area (Å²) in [5, 5.41) is 2.95. The summed E-state index contributed by atoms with van der Waals surface area (Å²) in [4.78, 5) is 12.0. The Hall–Kier alpha value is -1.55. The standard InChI is InChI=1S/C15H22N2O2/c1-11(10-16)3-2-7-17-15(18)13-4-5-14-12(9-13)6-8-19-14/h4-5,9,11H,2-3,6-8,10,16H2,1H3,(H,17,18). The molecule has 0 saturated carbocycles. The van der Waals surface area contributed by atoms with Gasteiger partial charge in [0.05, 0.1) is 6.61 Å². The van der Waals surface area contributed by atoms with Crippen LogP contribution >= 0.6 is 0 Å². The van der Waals surface area contributed by atoms with E-state index >= 15 is 0 Å². The fourth-order valence-corrected chi connectivity index (χ4v) is 2.20. The molecule has 1 aliphatic rings. The average Bonchev–Trinajstić information content (AvgIpc) is 2.90. The molecule has 0 fully saturated rings. The summed E-state index contributed by atoms with van der Waals surface area (Å²) >= 11 is 0. The minimum Gasteiger partial charge on any atom is -0.493 e. The van der Waals surface area contributed by atoms with Gasteiger partial charge >= 0.3 is 0 Å². The lowest BCUT2D eigenvalue weighted by molar-refractivity contribution is 0.0952. The second-order valence-electron chi connectivity index (χ2n) is 5.16. The predicted octanol–water partition coefficient (Wildman–Crippen LogP) is 1.73. The van der Waals surface area contributed by atoms with E-state index in [1.165, 1.54) is 0 Å². The van der Waals surface area contributed by atoms with E-state index in [1.54, 1.807) is 0 Å². The van der Waals surface area contributed by atoms with Gasteiger partial charge in [0.1, 0.15) is 5.75 Å². The van der Waals surface area contributed by atoms with Crippen LogP contribution in [0.2, 0.25) is 0 Å². The lowest BCUT2D eigenvalue weighted by Crippen LogP contribution is -2.25. The molecular weight excluding hydrogens is 240 g/mol. The number of hydrogen-bond acceptors (Lipinski definition) is 3. The molecule has 4 heteroatoms. The van der Waals surface area contributed by atoms with E-state index in [2.05, 4.69) is 12.2 Å². The average molecular weight is 262 g/mol. The quantitative estimate of drug-likeness (QED) is 0.767. The fourth-order valence-electron chi connectivity index (χ4n) is 2.20. The maximum Gasteiger partial charge on any atom is 0.251 e. The summed E-state index contributed by atoms with van der Waals surface area (Å²) in [6.45, 7) is 4.26. The first-order valence-electron chi connectivity index (χ1n) is 6.94. The maximum absolute atomic E-state index is 12.0. The SMILES string of the molecule is CC(CN)CCCNC(=O)c1ccc2c(c1)CCO2. The molecule has 1 unspecified atom stereocenters. The van der Waals surface area contributed by atoms with Gasteiger partial charge in [0.15, 0.2) is 0 Å². The first kappa shape index (κ1) is 13.9. The largest absolute Gasteiger partial charge is 0.493 e. The van der Waals surface area contributed by atoms with Crippen LogP contribution < -0.4 is 15.8 Å². The second-order valence-corrected chi connectivity index (χ2v) is 5.16. The molecule has 0 aromatic heterocycles. The van der Waals surface area contributed by atoms with E-state index in [1.807, 2.05) is 18.2 Å². The predicted molar refractivity (Wildman–Crippen MR) is 75.4 cm³/mol. The molecule has 1 aliphatic heterocycles. The van der Waals surface area contributed by atoms with Crippen molar-refractivity contribution in [2.75, 3.05) is 19.7 Å². The van der Waals surface area contributed by atoms with E-state index in [0.717, 1.165) is 42.7 Å². The first-order valence-corrected chi connectivity index (χ1v) is 6.94. The fraction of sp³-hybridized carbons (Fsp3) is 0.533. The number of rotatable bonds is 6. The van der Waals surface area contributed by atoms with Gasteiger partial charge in [-0.15, -0.1) is 0 Å². The molecule has 0 bridgehead atoms. The number of fused-ring (bicyclic) bond motifs is 1. The van der Waals surface area contributed by atoms with Crippen LogP contribution in [-0.4, -0.2) is 25.6 Å². The number of ether oxygens (including phenoxy) is 1. The zero-order valence-electron chi connectivity index (χ0n) is 11.4. The lowest BCUT2D eigenvalue weighted by atomic mass is 10.1. The highest BCUT2D eigenvalue weighted by Crippen LogP contribution is 2.25. The number of amides is 1. The minimum atomic E-state index is -0.00454. The topological polar surface area (TPSA) is 64.3 Å². The molecule has 4 nitrogen and oxygen atoms in total. The van der Waals surface area contributed by atoms with Gasteiger partial charge in [0.25, 0.3) is 5.91 Å². The first-order chi connectivity index (χ1) is 9.20. The van der Waals surface area contributed by atoms with Crippen molar-refractivity contribution in [1.82, 2.24) is 5.32 Å². The van der Waals surface area contributed by atoms with E-state index in [-0.39, 0.29) is 5.91 Å². The van der Waals surface area contributed by atoms with Crippen LogP contribution in [0.5, 0.6) is 5.75 Å². The molecule has 19 heavy (non-hydrogen) atoms. The summed E-state index contributed by atoms with van der Waals surface area (Å²) < 4.78 is 5.43. The van der Waals surface area contributed by atoms with Crippen molar-refractivity contribution < 1.29 is 9.53 Å². The van der Waals surface area contributed by atoms with Crippen molar-refractivity contribution in [3.8, 4) is 5.75 Å². The number of nitrogens with two attached hydrogens (primary N) is 1. The number of carbonyl (C=O) groups excluding carboxylic acids is 1. The molecular formula is C15H22N2O2. The van der Waals surface area contributed by atoms with Gasteiger partial charge in [-0.25, -0.2) is 0 Å². The molecule has 3 N–H and O–H groups in total. The van der Waals surface area contributed by atoms with Crippen LogP contribution in [0.25, 0.3) is 0 Å². The summed E-state index contributed by atoms with van der Waals surface area (Å²) in [5.41, 5.74) is 7.41. The van der Waals surface area contributed by atoms with Crippen LogP contribution in [0.3, 0.4) is 0 Å². The van der Waals surface area contributed by atoms with E-state index < -0.39 is 0 Å². The maximum atomic E-state index is 12.0. The van der Waals surface area contributed by atoms with E-state index in [0.29, 0.717) is 19.0 Å². The molecule has 2 rings (SSSR count). The van der Waals surface area contributed by atoms with Crippen LogP contribution in [0, 0.1) is 5.92 Å². The molecule has 0 saturated heterocycles. The van der Waals surface area contributed by atoms with E-state index in [9.17, 15) is 4.79 Å². The molecule has 0 spiro atoms. The third-order valence-electron chi connectivity index (χ3n) is 3.51. The van der Waals surface area contributed by atoms with Gasteiger partial charge < -0.3 is 15.8 Å². The molecule has 1 aromatic rings. The van der Waals surface area contributed by atoms with Crippen molar-refractivity contribution in [3.05, 3.63) is 29.3 Å². The van der Waals surface area contributed by atoms with Gasteiger partial charge in [-0.05, 0) is 49.1 Å². The molecule has 1 amide bonds. The highest BCUT2D eigenvalue weighted by atomic mass is 16.5. The monoisotopic (exact) mass is 262 g/mol. The number of carbonyl (C=O) groups is 1. The third kappa shape index (κ3) is 3.70. The Morgan fingerprint density at radius 3 is 3.16 bits per heavy atom. The van der Waals surface area contributed by atoms with Crippen LogP contribution in [0.1, 0.15) is 35.7 Å². The zero-order chi connectivity index (χ0) is 13.7. The molecule has 0 radical (unpaired) electrons. The van der Waals surface area contributed by atoms with Crippen molar-refractivity contribution >= 4 is 5.91 Å². The van der Waals surface area contributed by atoms with Crippen LogP contribution in [0.15, 0.2) is 18.2 Å². The molecule has 1 heterocycles. The summed E-state index contributed by atoms with van der Waals surface area (Å²) in [6.07, 6.45) is 2.91. The Balaban J connectivity index is 1.80. The Morgan fingerprint density at radius 1 is 1.53 bits per heavy atom. The van der Waals surface area contributed by atoms with Gasteiger partial charge in [0.2, 0.25) is 0 Å². The van der Waals surface area contributed by atoms with Crippen molar-refractivity contribution in [2.24, 2.45) is 11.7 Å². The molecule has 1 atom stereocenters. The van der Waals surface area contributed by atoms with Crippen molar-refractivity contribution in [1.29, 1.82) is 0 Å². The van der Waals surface area contributed by atoms with Crippen LogP contribution in [0.4, 0.5) is 0 Å². The zero-order valence-corrected chi connectivity index (χ0v) is 11.4. The van der Waals surface area contributed by atoms with Crippen LogP contribution in [-0.2, 0) is 6.42 Å². The number of benzene rings is 1. The minimum absolute atomic E-state index is 0.00454. The second kappa shape index (κ2) is 6.57. The van der Waals surface area contributed by atoms with E-state index in [4.69, 9.17) is 10.5 Å². The lowest BCUT2D eigenvalue weighted by Gasteiger charge is -2.09. The highest BCUT2D eigenvalue weighted by molar-refractivity contribution is 5.94. The van der Waals surface area contributed by atoms with Gasteiger partial charge in [-0.3, -0.25) is 4.79 Å². The summed E-state index contributed by atoms with van der Waals surface area (Å²) in [7, 11) is 0. The van der Waals surface area contributed by atoms with Gasteiger partial charge in [-0.1, -0.05) is 6.92 Å². The van der Waals surface area contributed by atoms with Gasteiger partial charge in [-0.2, -0.15) is 0 Å². The van der Waals surface area contributed by atoms with Crippen molar-refractivity contribution in [2.45, 2.75) is 26.2 Å². The Labute approximate surface area is 114 Å². The Bertz CT molecular complexity index is 446. The molecule has 104 valence electrons. The number of nitrogens with one attached hydrogen (secondary N) is 1. The highest BCUT2D eigenvalue weighted by Gasteiger charge is 2.14. The normalized spacial score (nSPS) is 14.6. The van der Waals surface area contributed by atoms with Crippen molar-refractivity contribution in [3.63, 3.8) is 0 Å². The Kier molecular flexibility index (Phi) is 4.80. The summed E-state index contributed by atoms with van der Waals surface area (Å²) in [6, 6.07) is 5.63.